The lowest BCUT2D eigenvalue weighted by Gasteiger charge is -2.37. The van der Waals surface area contributed by atoms with Crippen LogP contribution >= 0.6 is 11.6 Å². The van der Waals surface area contributed by atoms with Gasteiger partial charge in [-0.15, -0.1) is 0 Å². The monoisotopic (exact) mass is 375 g/mol. The van der Waals surface area contributed by atoms with Gasteiger partial charge in [0.2, 0.25) is 0 Å². The van der Waals surface area contributed by atoms with Gasteiger partial charge in [0.05, 0.1) is 10.6 Å². The Balaban J connectivity index is 0.000000431. The first-order valence-corrected chi connectivity index (χ1v) is 9.92. The predicted octanol–water partition coefficient (Wildman–Crippen LogP) is 4.36. The largest absolute Gasteiger partial charge is 0.367 e. The van der Waals surface area contributed by atoms with E-state index in [0.29, 0.717) is 16.6 Å². The topological polar surface area (TPSA) is 47.3 Å². The molecule has 0 amide bonds. The molecule has 3 rings (SSSR count). The van der Waals surface area contributed by atoms with Crippen molar-refractivity contribution in [1.82, 2.24) is 4.90 Å². The lowest BCUT2D eigenvalue weighted by molar-refractivity contribution is -0.110. The Bertz CT molecular complexity index is 637. The van der Waals surface area contributed by atoms with Gasteiger partial charge in [0.15, 0.2) is 0 Å². The molecule has 26 heavy (non-hydrogen) atoms. The van der Waals surface area contributed by atoms with Crippen LogP contribution in [0.25, 0.3) is 0 Å². The minimum Gasteiger partial charge on any atom is -0.367 e. The molecule has 1 aromatic carbocycles. The highest BCUT2D eigenvalue weighted by Crippen LogP contribution is 2.33. The summed E-state index contributed by atoms with van der Waals surface area (Å²) in [6.07, 6.45) is 6.20. The van der Waals surface area contributed by atoms with Crippen LogP contribution in [-0.4, -0.2) is 43.9 Å². The molecule has 1 saturated heterocycles. The van der Waals surface area contributed by atoms with E-state index in [0.717, 1.165) is 31.8 Å². The number of likely N-dealkylation sites (tertiary alicyclic amines) is 1. The maximum Gasteiger partial charge on any atom is 0.122 e. The Hall–Kier alpha value is -1.57. The van der Waals surface area contributed by atoms with Gasteiger partial charge in [0, 0.05) is 30.7 Å². The van der Waals surface area contributed by atoms with Gasteiger partial charge in [0.1, 0.15) is 12.4 Å². The SMILES string of the molecule is CC(C)C=O.CN1CCC(N(CC2CCC2)c2ccc(C#N)c(Cl)c2)C1. The number of anilines is 1. The number of benzene rings is 1. The third-order valence-corrected chi connectivity index (χ3v) is 5.48. The Morgan fingerprint density at radius 3 is 2.50 bits per heavy atom. The maximum atomic E-state index is 9.50. The number of hydrogen-bond acceptors (Lipinski definition) is 4. The fraction of sp³-hybridized carbons (Fsp3) is 0.619. The van der Waals surface area contributed by atoms with Gasteiger partial charge in [-0.25, -0.2) is 0 Å². The van der Waals surface area contributed by atoms with E-state index in [1.807, 2.05) is 26.0 Å². The van der Waals surface area contributed by atoms with Crippen LogP contribution in [0.5, 0.6) is 0 Å². The summed E-state index contributed by atoms with van der Waals surface area (Å²) in [6, 6.07) is 8.59. The summed E-state index contributed by atoms with van der Waals surface area (Å²) in [5.74, 6) is 1.03. The van der Waals surface area contributed by atoms with Gasteiger partial charge in [-0.3, -0.25) is 0 Å². The summed E-state index contributed by atoms with van der Waals surface area (Å²) in [6.45, 7) is 7.11. The van der Waals surface area contributed by atoms with Gasteiger partial charge in [-0.05, 0) is 57.0 Å². The smallest absolute Gasteiger partial charge is 0.122 e. The molecule has 0 radical (unpaired) electrons. The average molecular weight is 376 g/mol. The van der Waals surface area contributed by atoms with Crippen molar-refractivity contribution >= 4 is 23.6 Å². The fourth-order valence-corrected chi connectivity index (χ4v) is 3.58. The number of aldehydes is 1. The van der Waals surface area contributed by atoms with Gasteiger partial charge in [-0.2, -0.15) is 5.26 Å². The molecule has 5 heteroatoms. The molecule has 0 aromatic heterocycles. The van der Waals surface area contributed by atoms with E-state index in [1.165, 1.54) is 31.4 Å². The van der Waals surface area contributed by atoms with Crippen molar-refractivity contribution in [2.24, 2.45) is 11.8 Å². The van der Waals surface area contributed by atoms with E-state index in [1.54, 1.807) is 0 Å². The zero-order valence-corrected chi connectivity index (χ0v) is 16.9. The van der Waals surface area contributed by atoms with E-state index in [-0.39, 0.29) is 5.92 Å². The Morgan fingerprint density at radius 1 is 1.38 bits per heavy atom. The van der Waals surface area contributed by atoms with Crippen molar-refractivity contribution in [2.45, 2.75) is 45.6 Å². The van der Waals surface area contributed by atoms with Crippen LogP contribution in [0.15, 0.2) is 18.2 Å². The van der Waals surface area contributed by atoms with Crippen LogP contribution in [0, 0.1) is 23.2 Å². The first-order valence-electron chi connectivity index (χ1n) is 9.54. The first kappa shape index (κ1) is 20.7. The number of carbonyl (C=O) groups excluding carboxylic acids is 1. The van der Waals surface area contributed by atoms with Gasteiger partial charge >= 0.3 is 0 Å². The summed E-state index contributed by atoms with van der Waals surface area (Å²) < 4.78 is 0. The van der Waals surface area contributed by atoms with Crippen LogP contribution in [0.3, 0.4) is 0 Å². The average Bonchev–Trinajstić information content (AvgIpc) is 3.00. The van der Waals surface area contributed by atoms with Crippen molar-refractivity contribution in [1.29, 1.82) is 5.26 Å². The normalized spacial score (nSPS) is 20.1. The summed E-state index contributed by atoms with van der Waals surface area (Å²) >= 11 is 6.23. The summed E-state index contributed by atoms with van der Waals surface area (Å²) in [4.78, 5) is 14.4. The lowest BCUT2D eigenvalue weighted by Crippen LogP contribution is -2.41. The number of rotatable bonds is 5. The third kappa shape index (κ3) is 5.72. The molecule has 142 valence electrons. The molecule has 1 saturated carbocycles. The molecular weight excluding hydrogens is 346 g/mol. The second kappa shape index (κ2) is 9.94. The van der Waals surface area contributed by atoms with E-state index >= 15 is 0 Å². The molecule has 1 aromatic rings. The van der Waals surface area contributed by atoms with Gasteiger partial charge in [-0.1, -0.05) is 31.9 Å². The number of halogens is 1. The molecule has 1 heterocycles. The minimum atomic E-state index is 0.204. The molecule has 0 spiro atoms. The molecular formula is C21H30ClN3O. The quantitative estimate of drug-likeness (QED) is 0.717. The number of nitrogens with zero attached hydrogens (tertiary/aromatic N) is 3. The molecule has 2 aliphatic rings. The zero-order chi connectivity index (χ0) is 19.1. The van der Waals surface area contributed by atoms with Crippen molar-refractivity contribution in [3.63, 3.8) is 0 Å². The summed E-state index contributed by atoms with van der Waals surface area (Å²) in [5, 5.41) is 9.60. The second-order valence-electron chi connectivity index (χ2n) is 7.81. The number of likely N-dealkylation sites (N-methyl/N-ethyl adjacent to an activating group) is 1. The molecule has 0 bridgehead atoms. The number of nitriles is 1. The van der Waals surface area contributed by atoms with E-state index < -0.39 is 0 Å². The van der Waals surface area contributed by atoms with Crippen molar-refractivity contribution in [2.75, 3.05) is 31.6 Å². The highest BCUT2D eigenvalue weighted by molar-refractivity contribution is 6.32. The maximum absolute atomic E-state index is 9.50. The predicted molar refractivity (Wildman–Crippen MR) is 108 cm³/mol. The molecule has 1 aliphatic heterocycles. The Labute approximate surface area is 162 Å². The lowest BCUT2D eigenvalue weighted by atomic mass is 9.84. The van der Waals surface area contributed by atoms with Crippen LogP contribution in [0.2, 0.25) is 5.02 Å². The van der Waals surface area contributed by atoms with Crippen molar-refractivity contribution in [3.8, 4) is 6.07 Å². The van der Waals surface area contributed by atoms with Crippen LogP contribution in [0.1, 0.15) is 45.1 Å². The standard InChI is InChI=1S/C17H22ClN3.C4H8O/c1-20-8-7-16(12-20)21(11-13-3-2-4-13)15-6-5-14(10-19)17(18)9-15;1-4(2)3-5/h5-6,9,13,16H,2-4,7-8,11-12H2,1H3;3-4H,1-2H3. The molecule has 4 nitrogen and oxygen atoms in total. The van der Waals surface area contributed by atoms with E-state index in [2.05, 4.69) is 29.0 Å². The summed E-state index contributed by atoms with van der Waals surface area (Å²) in [7, 11) is 2.19. The molecule has 1 atom stereocenters. The van der Waals surface area contributed by atoms with Gasteiger partial charge in [0.25, 0.3) is 0 Å². The van der Waals surface area contributed by atoms with Crippen molar-refractivity contribution < 1.29 is 4.79 Å². The second-order valence-corrected chi connectivity index (χ2v) is 8.22. The first-order chi connectivity index (χ1) is 12.4. The van der Waals surface area contributed by atoms with Crippen molar-refractivity contribution in [3.05, 3.63) is 28.8 Å². The number of carbonyl (C=O) groups is 1. The highest BCUT2D eigenvalue weighted by Gasteiger charge is 2.29. The van der Waals surface area contributed by atoms with Gasteiger partial charge < -0.3 is 14.6 Å². The van der Waals surface area contributed by atoms with E-state index in [4.69, 9.17) is 16.9 Å². The fourth-order valence-electron chi connectivity index (χ4n) is 3.36. The zero-order valence-electron chi connectivity index (χ0n) is 16.1. The Morgan fingerprint density at radius 2 is 2.08 bits per heavy atom. The Kier molecular flexibility index (Phi) is 7.93. The molecule has 0 N–H and O–H groups in total. The molecule has 2 fully saturated rings. The molecule has 1 aliphatic carbocycles. The van der Waals surface area contributed by atoms with Crippen LogP contribution in [-0.2, 0) is 4.79 Å². The van der Waals surface area contributed by atoms with E-state index in [9.17, 15) is 4.79 Å². The minimum absolute atomic E-state index is 0.204. The highest BCUT2D eigenvalue weighted by atomic mass is 35.5. The molecule has 1 unspecified atom stereocenters. The summed E-state index contributed by atoms with van der Waals surface area (Å²) in [5.41, 5.74) is 1.73. The third-order valence-electron chi connectivity index (χ3n) is 5.16. The number of hydrogen-bond donors (Lipinski definition) is 0. The van der Waals surface area contributed by atoms with Crippen LogP contribution in [0.4, 0.5) is 5.69 Å². The van der Waals surface area contributed by atoms with Crippen LogP contribution < -0.4 is 4.90 Å².